The number of amides is 1. The van der Waals surface area contributed by atoms with E-state index >= 15 is 0 Å². The predicted octanol–water partition coefficient (Wildman–Crippen LogP) is 5.12. The fraction of sp³-hybridized carbons (Fsp3) is 0.519. The van der Waals surface area contributed by atoms with Gasteiger partial charge in [0.25, 0.3) is 15.9 Å². The molecule has 196 valence electrons. The van der Waals surface area contributed by atoms with E-state index in [1.54, 1.807) is 18.2 Å². The summed E-state index contributed by atoms with van der Waals surface area (Å²) in [6.07, 6.45) is 2.13. The molecule has 9 heteroatoms. The fourth-order valence-electron chi connectivity index (χ4n) is 4.44. The molecule has 0 aliphatic carbocycles. The SMILES string of the molecule is CC(C)(C)[Si](C)(C)OC1CC(CNCCCCN2C(=O)c3ccccc3S2(=O)=O)Oc2ccccc21. The van der Waals surface area contributed by atoms with Crippen molar-refractivity contribution in [3.8, 4) is 5.75 Å². The second kappa shape index (κ2) is 10.3. The molecule has 0 bridgehead atoms. The standard InChI is InChI=1S/C27H38N2O5SSi/c1-27(2,3)36(4,5)34-24-18-20(33-23-14-8-6-12-21(23)24)19-28-16-10-11-17-29-26(30)22-13-7-9-15-25(22)35(29,31)32/h6-9,12-15,20,24,28H,10-11,16-19H2,1-5H3. The Kier molecular flexibility index (Phi) is 7.67. The third-order valence-corrected chi connectivity index (χ3v) is 13.9. The monoisotopic (exact) mass is 530 g/mol. The number of ether oxygens (including phenoxy) is 1. The third-order valence-electron chi connectivity index (χ3n) is 7.53. The lowest BCUT2D eigenvalue weighted by molar-refractivity contribution is 0.0722. The topological polar surface area (TPSA) is 84.9 Å². The van der Waals surface area contributed by atoms with Crippen molar-refractivity contribution < 1.29 is 22.4 Å². The number of unbranched alkanes of at least 4 members (excludes halogenated alkanes) is 1. The van der Waals surface area contributed by atoms with Crippen LogP contribution in [-0.4, -0.2) is 52.7 Å². The lowest BCUT2D eigenvalue weighted by Gasteiger charge is -2.42. The summed E-state index contributed by atoms with van der Waals surface area (Å²) < 4.78 is 39.4. The van der Waals surface area contributed by atoms with Gasteiger partial charge in [0, 0.05) is 25.1 Å². The number of benzene rings is 2. The van der Waals surface area contributed by atoms with Crippen LogP contribution in [0.25, 0.3) is 0 Å². The van der Waals surface area contributed by atoms with Gasteiger partial charge in [-0.3, -0.25) is 4.79 Å². The van der Waals surface area contributed by atoms with Gasteiger partial charge in [-0.1, -0.05) is 51.1 Å². The summed E-state index contributed by atoms with van der Waals surface area (Å²) in [6, 6.07) is 14.5. The predicted molar refractivity (Wildman–Crippen MR) is 143 cm³/mol. The molecule has 2 aliphatic heterocycles. The van der Waals surface area contributed by atoms with Crippen LogP contribution in [0.4, 0.5) is 0 Å². The Hall–Kier alpha value is -2.20. The highest BCUT2D eigenvalue weighted by Crippen LogP contribution is 2.44. The summed E-state index contributed by atoms with van der Waals surface area (Å²) >= 11 is 0. The number of nitrogens with one attached hydrogen (secondary N) is 1. The number of nitrogens with zero attached hydrogens (tertiary/aromatic N) is 1. The van der Waals surface area contributed by atoms with E-state index in [4.69, 9.17) is 9.16 Å². The van der Waals surface area contributed by atoms with E-state index in [2.05, 4.69) is 45.2 Å². The summed E-state index contributed by atoms with van der Waals surface area (Å²) in [6.45, 7) is 12.9. The van der Waals surface area contributed by atoms with Crippen LogP contribution >= 0.6 is 0 Å². The Bertz CT molecular complexity index is 1210. The molecule has 0 radical (unpaired) electrons. The fourth-order valence-corrected chi connectivity index (χ4v) is 7.33. The summed E-state index contributed by atoms with van der Waals surface area (Å²) in [5, 5.41) is 3.58. The largest absolute Gasteiger partial charge is 0.489 e. The molecule has 2 unspecified atom stereocenters. The molecule has 2 heterocycles. The van der Waals surface area contributed by atoms with Crippen LogP contribution in [0, 0.1) is 0 Å². The number of sulfonamides is 1. The van der Waals surface area contributed by atoms with Crippen LogP contribution < -0.4 is 10.1 Å². The average Bonchev–Trinajstić information content (AvgIpc) is 3.01. The molecule has 2 aromatic rings. The van der Waals surface area contributed by atoms with Crippen LogP contribution in [0.3, 0.4) is 0 Å². The first-order valence-electron chi connectivity index (χ1n) is 12.7. The minimum Gasteiger partial charge on any atom is -0.489 e. The number of carbonyl (C=O) groups is 1. The molecule has 1 amide bonds. The van der Waals surface area contributed by atoms with Gasteiger partial charge in [-0.25, -0.2) is 12.7 Å². The molecule has 1 N–H and O–H groups in total. The minimum absolute atomic E-state index is 0.00953. The van der Waals surface area contributed by atoms with E-state index in [9.17, 15) is 13.2 Å². The number of carbonyl (C=O) groups excluding carboxylic acids is 1. The summed E-state index contributed by atoms with van der Waals surface area (Å²) in [4.78, 5) is 12.6. The van der Waals surface area contributed by atoms with Crippen LogP contribution in [0.1, 0.15) is 62.1 Å². The highest BCUT2D eigenvalue weighted by atomic mass is 32.2. The summed E-state index contributed by atoms with van der Waals surface area (Å²) in [5.74, 6) is 0.456. The van der Waals surface area contributed by atoms with Gasteiger partial charge in [-0.05, 0) is 55.7 Å². The Morgan fingerprint density at radius 1 is 1.08 bits per heavy atom. The molecule has 2 aliphatic rings. The molecule has 0 saturated heterocycles. The van der Waals surface area contributed by atoms with E-state index in [-0.39, 0.29) is 34.2 Å². The van der Waals surface area contributed by atoms with Gasteiger partial charge in [0.05, 0.1) is 11.7 Å². The third kappa shape index (κ3) is 5.39. The Balaban J connectivity index is 1.27. The number of hydrogen-bond acceptors (Lipinski definition) is 6. The maximum absolute atomic E-state index is 12.7. The molecule has 7 nitrogen and oxygen atoms in total. The molecule has 2 atom stereocenters. The Labute approximate surface area is 216 Å². The van der Waals surface area contributed by atoms with Crippen molar-refractivity contribution in [3.05, 3.63) is 59.7 Å². The van der Waals surface area contributed by atoms with E-state index in [1.807, 2.05) is 18.2 Å². The van der Waals surface area contributed by atoms with Gasteiger partial charge in [0.2, 0.25) is 0 Å². The molecule has 0 aromatic heterocycles. The quantitative estimate of drug-likeness (QED) is 0.358. The second-order valence-electron chi connectivity index (χ2n) is 11.2. The molecule has 0 fully saturated rings. The van der Waals surface area contributed by atoms with Gasteiger partial charge in [-0.2, -0.15) is 0 Å². The van der Waals surface area contributed by atoms with Crippen molar-refractivity contribution in [2.45, 2.75) is 75.3 Å². The van der Waals surface area contributed by atoms with Gasteiger partial charge in [-0.15, -0.1) is 0 Å². The lowest BCUT2D eigenvalue weighted by Crippen LogP contribution is -2.44. The van der Waals surface area contributed by atoms with Crippen molar-refractivity contribution in [1.82, 2.24) is 9.62 Å². The smallest absolute Gasteiger partial charge is 0.269 e. The maximum Gasteiger partial charge on any atom is 0.269 e. The van der Waals surface area contributed by atoms with Crippen LogP contribution in [0.15, 0.2) is 53.4 Å². The molecule has 2 aromatic carbocycles. The van der Waals surface area contributed by atoms with Crippen molar-refractivity contribution in [2.75, 3.05) is 19.6 Å². The zero-order chi connectivity index (χ0) is 26.1. The first-order valence-corrected chi connectivity index (χ1v) is 17.1. The van der Waals surface area contributed by atoms with Crippen molar-refractivity contribution in [2.24, 2.45) is 0 Å². The van der Waals surface area contributed by atoms with Crippen molar-refractivity contribution in [3.63, 3.8) is 0 Å². The van der Waals surface area contributed by atoms with E-state index in [0.29, 0.717) is 19.5 Å². The normalized spacial score (nSPS) is 21.1. The Morgan fingerprint density at radius 2 is 1.78 bits per heavy atom. The number of hydrogen-bond donors (Lipinski definition) is 1. The van der Waals surface area contributed by atoms with Crippen LogP contribution in [0.2, 0.25) is 18.1 Å². The summed E-state index contributed by atoms with van der Waals surface area (Å²) in [7, 11) is -5.68. The number of para-hydroxylation sites is 1. The molecular weight excluding hydrogens is 492 g/mol. The summed E-state index contributed by atoms with van der Waals surface area (Å²) in [5.41, 5.74) is 1.39. The van der Waals surface area contributed by atoms with Crippen LogP contribution in [0.5, 0.6) is 5.75 Å². The molecule has 0 spiro atoms. The van der Waals surface area contributed by atoms with E-state index in [0.717, 1.165) is 28.5 Å². The zero-order valence-electron chi connectivity index (χ0n) is 21.9. The number of rotatable bonds is 9. The first kappa shape index (κ1) is 26.8. The van der Waals surface area contributed by atoms with Gasteiger partial charge in [0.15, 0.2) is 8.32 Å². The Morgan fingerprint density at radius 3 is 2.50 bits per heavy atom. The van der Waals surface area contributed by atoms with Gasteiger partial charge >= 0.3 is 0 Å². The minimum atomic E-state index is -3.73. The highest BCUT2D eigenvalue weighted by Gasteiger charge is 2.42. The van der Waals surface area contributed by atoms with Gasteiger partial charge < -0.3 is 14.5 Å². The van der Waals surface area contributed by atoms with E-state index in [1.165, 1.54) is 6.07 Å². The molecule has 4 rings (SSSR count). The molecule has 36 heavy (non-hydrogen) atoms. The van der Waals surface area contributed by atoms with Crippen LogP contribution in [-0.2, 0) is 14.4 Å². The van der Waals surface area contributed by atoms with Crippen molar-refractivity contribution in [1.29, 1.82) is 0 Å². The lowest BCUT2D eigenvalue weighted by atomic mass is 9.99. The number of fused-ring (bicyclic) bond motifs is 2. The second-order valence-corrected chi connectivity index (χ2v) is 17.8. The van der Waals surface area contributed by atoms with E-state index < -0.39 is 24.2 Å². The van der Waals surface area contributed by atoms with Crippen molar-refractivity contribution >= 4 is 24.2 Å². The first-order chi connectivity index (χ1) is 16.9. The highest BCUT2D eigenvalue weighted by molar-refractivity contribution is 7.90. The molecular formula is C27H38N2O5SSi. The average molecular weight is 531 g/mol. The van der Waals surface area contributed by atoms with Gasteiger partial charge in [0.1, 0.15) is 16.7 Å². The maximum atomic E-state index is 12.7. The molecule has 0 saturated carbocycles. The zero-order valence-corrected chi connectivity index (χ0v) is 23.7.